The van der Waals surface area contributed by atoms with E-state index >= 15 is 0 Å². The topological polar surface area (TPSA) is 66.0 Å². The van der Waals surface area contributed by atoms with Gasteiger partial charge < -0.3 is 24.1 Å². The summed E-state index contributed by atoms with van der Waals surface area (Å²) in [5, 5.41) is 3.10. The Morgan fingerprint density at radius 1 is 1.03 bits per heavy atom. The molecule has 0 amide bonds. The lowest BCUT2D eigenvalue weighted by molar-refractivity contribution is -0.153. The highest BCUT2D eigenvalue weighted by Gasteiger charge is 2.51. The van der Waals surface area contributed by atoms with Crippen LogP contribution in [0.5, 0.6) is 5.75 Å². The summed E-state index contributed by atoms with van der Waals surface area (Å²) in [4.78, 5) is 11.6. The van der Waals surface area contributed by atoms with Crippen molar-refractivity contribution in [2.45, 2.75) is 78.1 Å². The van der Waals surface area contributed by atoms with E-state index in [2.05, 4.69) is 5.32 Å². The van der Waals surface area contributed by atoms with Crippen LogP contribution in [-0.4, -0.2) is 49.6 Å². The summed E-state index contributed by atoms with van der Waals surface area (Å²) in [5.41, 5.74) is -0.137. The van der Waals surface area contributed by atoms with E-state index in [1.165, 1.54) is 0 Å². The second-order valence-corrected chi connectivity index (χ2v) is 9.48. The first-order valence-electron chi connectivity index (χ1n) is 10.4. The molecule has 29 heavy (non-hydrogen) atoms. The Balaban J connectivity index is 1.63. The largest absolute Gasteiger partial charge is 0.494 e. The van der Waals surface area contributed by atoms with Crippen LogP contribution in [0, 0.1) is 0 Å². The molecule has 0 unspecified atom stereocenters. The predicted octanol–water partition coefficient (Wildman–Crippen LogP) is 3.08. The molecule has 1 N–H and O–H groups in total. The highest BCUT2D eigenvalue weighted by atomic mass is 16.7. The van der Waals surface area contributed by atoms with Gasteiger partial charge >= 0.3 is 13.1 Å². The SMILES string of the molecule is CC(C)(C)OC(=O)CNCCCCOc1ccc(B2OC(C)(C)C(C)(C)O2)cc1. The number of benzene rings is 1. The number of nitrogens with one attached hydrogen (secondary N) is 1. The molecule has 6 nitrogen and oxygen atoms in total. The number of carbonyl (C=O) groups excluding carboxylic acids is 1. The Bertz CT molecular complexity index is 651. The molecule has 1 aromatic rings. The zero-order valence-corrected chi connectivity index (χ0v) is 19.0. The van der Waals surface area contributed by atoms with Crippen LogP contribution in [0.25, 0.3) is 0 Å². The van der Waals surface area contributed by atoms with Crippen molar-refractivity contribution in [2.75, 3.05) is 19.7 Å². The van der Waals surface area contributed by atoms with E-state index in [1.807, 2.05) is 72.7 Å². The molecule has 1 saturated heterocycles. The minimum Gasteiger partial charge on any atom is -0.494 e. The standard InChI is InChI=1S/C22H36BNO5/c1-20(2,3)27-19(25)16-24-14-8-9-15-26-18-12-10-17(11-13-18)23-28-21(4,5)22(6,7)29-23/h10-13,24H,8-9,14-16H2,1-7H3. The van der Waals surface area contributed by atoms with Crippen molar-refractivity contribution in [1.29, 1.82) is 0 Å². The van der Waals surface area contributed by atoms with Gasteiger partial charge in [0.1, 0.15) is 11.4 Å². The van der Waals surface area contributed by atoms with Crippen LogP contribution in [0.3, 0.4) is 0 Å². The van der Waals surface area contributed by atoms with Crippen LogP contribution in [0.1, 0.15) is 61.3 Å². The van der Waals surface area contributed by atoms with Gasteiger partial charge in [-0.05, 0) is 85.4 Å². The van der Waals surface area contributed by atoms with Crippen molar-refractivity contribution in [3.63, 3.8) is 0 Å². The van der Waals surface area contributed by atoms with E-state index in [9.17, 15) is 4.79 Å². The van der Waals surface area contributed by atoms with Crippen LogP contribution in [0.4, 0.5) is 0 Å². The number of hydrogen-bond donors (Lipinski definition) is 1. The van der Waals surface area contributed by atoms with Gasteiger partial charge in [0.05, 0.1) is 24.4 Å². The molecule has 0 saturated carbocycles. The second kappa shape index (κ2) is 9.50. The first kappa shape index (κ1) is 23.7. The highest BCUT2D eigenvalue weighted by Crippen LogP contribution is 2.36. The van der Waals surface area contributed by atoms with Crippen LogP contribution in [0.2, 0.25) is 0 Å². The number of hydrogen-bond acceptors (Lipinski definition) is 6. The lowest BCUT2D eigenvalue weighted by Crippen LogP contribution is -2.41. The maximum Gasteiger partial charge on any atom is 0.494 e. The van der Waals surface area contributed by atoms with Crippen molar-refractivity contribution in [2.24, 2.45) is 0 Å². The fourth-order valence-electron chi connectivity index (χ4n) is 2.81. The molecule has 1 fully saturated rings. The quantitative estimate of drug-likeness (QED) is 0.387. The van der Waals surface area contributed by atoms with Gasteiger partial charge in [0, 0.05) is 0 Å². The smallest absolute Gasteiger partial charge is 0.494 e. The predicted molar refractivity (Wildman–Crippen MR) is 116 cm³/mol. The average Bonchev–Trinajstić information content (AvgIpc) is 2.80. The minimum atomic E-state index is -0.440. The van der Waals surface area contributed by atoms with Gasteiger partial charge in [0.2, 0.25) is 0 Å². The maximum atomic E-state index is 11.6. The Morgan fingerprint density at radius 2 is 1.62 bits per heavy atom. The van der Waals surface area contributed by atoms with Gasteiger partial charge in [-0.3, -0.25) is 4.79 Å². The third kappa shape index (κ3) is 7.32. The van der Waals surface area contributed by atoms with E-state index in [4.69, 9.17) is 18.8 Å². The van der Waals surface area contributed by atoms with E-state index in [0.717, 1.165) is 30.6 Å². The third-order valence-electron chi connectivity index (χ3n) is 5.11. The monoisotopic (exact) mass is 405 g/mol. The Kier molecular flexibility index (Phi) is 7.77. The second-order valence-electron chi connectivity index (χ2n) is 9.48. The van der Waals surface area contributed by atoms with Crippen molar-refractivity contribution in [1.82, 2.24) is 5.32 Å². The maximum absolute atomic E-state index is 11.6. The van der Waals surface area contributed by atoms with Gasteiger partial charge in [-0.25, -0.2) is 0 Å². The number of rotatable bonds is 9. The molecule has 1 aliphatic heterocycles. The molecule has 0 radical (unpaired) electrons. The highest BCUT2D eigenvalue weighted by molar-refractivity contribution is 6.62. The van der Waals surface area contributed by atoms with E-state index in [0.29, 0.717) is 6.61 Å². The summed E-state index contributed by atoms with van der Waals surface area (Å²) in [6.07, 6.45) is 1.83. The lowest BCUT2D eigenvalue weighted by atomic mass is 9.79. The average molecular weight is 405 g/mol. The van der Waals surface area contributed by atoms with Gasteiger partial charge in [-0.2, -0.15) is 0 Å². The van der Waals surface area contributed by atoms with Crippen LogP contribution in [0.15, 0.2) is 24.3 Å². The summed E-state index contributed by atoms with van der Waals surface area (Å²) in [5.74, 6) is 0.600. The van der Waals surface area contributed by atoms with Crippen LogP contribution >= 0.6 is 0 Å². The molecule has 7 heteroatoms. The number of carbonyl (C=O) groups is 1. The number of unbranched alkanes of at least 4 members (excludes halogenated alkanes) is 1. The molecular formula is C22H36BNO5. The van der Waals surface area contributed by atoms with Gasteiger partial charge in [0.15, 0.2) is 0 Å². The van der Waals surface area contributed by atoms with Gasteiger partial charge in [0.25, 0.3) is 0 Å². The molecular weight excluding hydrogens is 369 g/mol. The zero-order chi connectivity index (χ0) is 21.7. The molecule has 2 rings (SSSR count). The Hall–Kier alpha value is -1.57. The molecule has 1 aromatic carbocycles. The molecule has 0 aromatic heterocycles. The summed E-state index contributed by atoms with van der Waals surface area (Å²) in [6.45, 7) is 15.4. The molecule has 0 bridgehead atoms. The van der Waals surface area contributed by atoms with Crippen LogP contribution < -0.4 is 15.5 Å². The molecule has 0 atom stereocenters. The van der Waals surface area contributed by atoms with E-state index < -0.39 is 5.60 Å². The first-order valence-corrected chi connectivity index (χ1v) is 10.4. The Morgan fingerprint density at radius 3 is 2.17 bits per heavy atom. The van der Waals surface area contributed by atoms with Gasteiger partial charge in [-0.1, -0.05) is 12.1 Å². The zero-order valence-electron chi connectivity index (χ0n) is 19.0. The summed E-state index contributed by atoms with van der Waals surface area (Å²) in [6, 6.07) is 7.86. The lowest BCUT2D eigenvalue weighted by Gasteiger charge is -2.32. The summed E-state index contributed by atoms with van der Waals surface area (Å²) >= 11 is 0. The first-order chi connectivity index (χ1) is 13.4. The third-order valence-corrected chi connectivity index (χ3v) is 5.11. The number of esters is 1. The van der Waals surface area contributed by atoms with Crippen LogP contribution in [-0.2, 0) is 18.8 Å². The van der Waals surface area contributed by atoms with E-state index in [-0.39, 0.29) is 30.8 Å². The fourth-order valence-corrected chi connectivity index (χ4v) is 2.81. The Labute approximate surface area is 175 Å². The molecule has 0 aliphatic carbocycles. The minimum absolute atomic E-state index is 0.226. The molecule has 1 aliphatic rings. The fraction of sp³-hybridized carbons (Fsp3) is 0.682. The molecule has 162 valence electrons. The van der Waals surface area contributed by atoms with Crippen molar-refractivity contribution in [3.8, 4) is 5.75 Å². The number of ether oxygens (including phenoxy) is 2. The van der Waals surface area contributed by atoms with E-state index in [1.54, 1.807) is 0 Å². The van der Waals surface area contributed by atoms with Crippen molar-refractivity contribution in [3.05, 3.63) is 24.3 Å². The van der Waals surface area contributed by atoms with Crippen molar-refractivity contribution >= 4 is 18.6 Å². The summed E-state index contributed by atoms with van der Waals surface area (Å²) in [7, 11) is -0.356. The summed E-state index contributed by atoms with van der Waals surface area (Å²) < 4.78 is 23.2. The van der Waals surface area contributed by atoms with Gasteiger partial charge in [-0.15, -0.1) is 0 Å². The normalized spacial score (nSPS) is 18.0. The van der Waals surface area contributed by atoms with Crippen molar-refractivity contribution < 1.29 is 23.6 Å². The molecule has 0 spiro atoms. The molecule has 1 heterocycles.